The van der Waals surface area contributed by atoms with Crippen molar-refractivity contribution < 1.29 is 14.6 Å². The minimum Gasteiger partial charge on any atom is -0.506 e. The predicted molar refractivity (Wildman–Crippen MR) is 91.4 cm³/mol. The Morgan fingerprint density at radius 3 is 2.96 bits per heavy atom. The highest BCUT2D eigenvalue weighted by Crippen LogP contribution is 2.26. The van der Waals surface area contributed by atoms with E-state index in [4.69, 9.17) is 10.00 Å². The van der Waals surface area contributed by atoms with E-state index in [0.717, 1.165) is 12.8 Å². The molecule has 0 spiro atoms. The molecule has 1 fully saturated rings. The van der Waals surface area contributed by atoms with E-state index in [9.17, 15) is 14.7 Å². The summed E-state index contributed by atoms with van der Waals surface area (Å²) in [5, 5.41) is 22.4. The number of amides is 1. The summed E-state index contributed by atoms with van der Waals surface area (Å²) in [7, 11) is 0. The lowest BCUT2D eigenvalue weighted by Crippen LogP contribution is -2.37. The van der Waals surface area contributed by atoms with Gasteiger partial charge in [-0.1, -0.05) is 12.1 Å². The Hall–Kier alpha value is -2.85. The number of ether oxygens (including phenoxy) is 1. The second-order valence-electron chi connectivity index (χ2n) is 5.95. The summed E-state index contributed by atoms with van der Waals surface area (Å²) in [5.74, 6) is -0.965. The van der Waals surface area contributed by atoms with Crippen molar-refractivity contribution in [3.63, 3.8) is 0 Å². The van der Waals surface area contributed by atoms with Gasteiger partial charge in [-0.2, -0.15) is 5.26 Å². The molecule has 1 saturated heterocycles. The lowest BCUT2D eigenvalue weighted by molar-refractivity contribution is 0.0854. The molecular formula is C18H19N3O4. The van der Waals surface area contributed by atoms with Crippen LogP contribution in [0.1, 0.15) is 29.6 Å². The molecule has 1 aliphatic heterocycles. The van der Waals surface area contributed by atoms with Crippen molar-refractivity contribution in [3.05, 3.63) is 40.2 Å². The number of aromatic nitrogens is 1. The number of aryl methyl sites for hydroxylation is 1. The number of fused-ring (bicyclic) bond motifs is 1. The SMILES string of the molecule is N#CCCn1c(=O)c(C(=O)NC[C@H]2CCCO2)c(O)c2ccccc21. The van der Waals surface area contributed by atoms with Crippen molar-refractivity contribution >= 4 is 16.8 Å². The van der Waals surface area contributed by atoms with Crippen LogP contribution in [-0.2, 0) is 11.3 Å². The van der Waals surface area contributed by atoms with Crippen LogP contribution in [0.5, 0.6) is 5.75 Å². The van der Waals surface area contributed by atoms with Gasteiger partial charge < -0.3 is 19.7 Å². The Bertz CT molecular complexity index is 892. The van der Waals surface area contributed by atoms with E-state index in [2.05, 4.69) is 5.32 Å². The Morgan fingerprint density at radius 1 is 1.44 bits per heavy atom. The largest absolute Gasteiger partial charge is 0.506 e. The fraction of sp³-hybridized carbons (Fsp3) is 0.389. The second-order valence-corrected chi connectivity index (χ2v) is 5.95. The minimum absolute atomic E-state index is 0.0626. The van der Waals surface area contributed by atoms with Gasteiger partial charge in [0.15, 0.2) is 0 Å². The zero-order valence-corrected chi connectivity index (χ0v) is 13.7. The molecule has 1 aromatic heterocycles. The van der Waals surface area contributed by atoms with E-state index in [1.807, 2.05) is 6.07 Å². The van der Waals surface area contributed by atoms with Crippen LogP contribution in [0.2, 0.25) is 0 Å². The van der Waals surface area contributed by atoms with E-state index in [1.54, 1.807) is 24.3 Å². The molecule has 1 amide bonds. The average Bonchev–Trinajstić information content (AvgIpc) is 3.13. The molecule has 130 valence electrons. The molecule has 0 saturated carbocycles. The smallest absolute Gasteiger partial charge is 0.267 e. The molecule has 0 radical (unpaired) electrons. The van der Waals surface area contributed by atoms with Crippen molar-refractivity contribution in [3.8, 4) is 11.8 Å². The molecule has 1 atom stereocenters. The average molecular weight is 341 g/mol. The molecule has 3 rings (SSSR count). The molecule has 1 aliphatic rings. The Morgan fingerprint density at radius 2 is 2.24 bits per heavy atom. The molecule has 0 aliphatic carbocycles. The number of rotatable bonds is 5. The lowest BCUT2D eigenvalue weighted by Gasteiger charge is -2.15. The fourth-order valence-corrected chi connectivity index (χ4v) is 3.08. The number of hydrogen-bond acceptors (Lipinski definition) is 5. The van der Waals surface area contributed by atoms with E-state index in [1.165, 1.54) is 4.57 Å². The van der Waals surface area contributed by atoms with Gasteiger partial charge >= 0.3 is 0 Å². The summed E-state index contributed by atoms with van der Waals surface area (Å²) in [6.45, 7) is 1.12. The van der Waals surface area contributed by atoms with Gasteiger partial charge in [-0.3, -0.25) is 9.59 Å². The Labute approximate surface area is 144 Å². The van der Waals surface area contributed by atoms with Crippen LogP contribution in [0, 0.1) is 11.3 Å². The third-order valence-corrected chi connectivity index (χ3v) is 4.33. The molecule has 2 heterocycles. The molecule has 1 aromatic carbocycles. The van der Waals surface area contributed by atoms with E-state index < -0.39 is 11.5 Å². The summed E-state index contributed by atoms with van der Waals surface area (Å²) in [5.41, 5.74) is -0.401. The van der Waals surface area contributed by atoms with Crippen LogP contribution in [0.3, 0.4) is 0 Å². The van der Waals surface area contributed by atoms with Crippen LogP contribution >= 0.6 is 0 Å². The number of nitrogens with one attached hydrogen (secondary N) is 1. The van der Waals surface area contributed by atoms with Crippen molar-refractivity contribution in [2.45, 2.75) is 31.9 Å². The van der Waals surface area contributed by atoms with Crippen LogP contribution in [0.25, 0.3) is 10.9 Å². The van der Waals surface area contributed by atoms with Gasteiger partial charge in [0.2, 0.25) is 0 Å². The number of para-hydroxylation sites is 1. The second kappa shape index (κ2) is 7.36. The Balaban J connectivity index is 2.00. The monoisotopic (exact) mass is 341 g/mol. The van der Waals surface area contributed by atoms with Gasteiger partial charge in [0.05, 0.1) is 24.1 Å². The maximum atomic E-state index is 12.7. The topological polar surface area (TPSA) is 104 Å². The van der Waals surface area contributed by atoms with Crippen molar-refractivity contribution in [1.29, 1.82) is 5.26 Å². The number of carbonyl (C=O) groups is 1. The van der Waals surface area contributed by atoms with E-state index in [-0.39, 0.29) is 30.4 Å². The number of nitriles is 1. The quantitative estimate of drug-likeness (QED) is 0.858. The maximum Gasteiger partial charge on any atom is 0.267 e. The summed E-state index contributed by atoms with van der Waals surface area (Å²) in [4.78, 5) is 25.3. The van der Waals surface area contributed by atoms with Gasteiger partial charge in [-0.25, -0.2) is 0 Å². The maximum absolute atomic E-state index is 12.7. The summed E-state index contributed by atoms with van der Waals surface area (Å²) < 4.78 is 6.81. The highest BCUT2D eigenvalue weighted by molar-refractivity contribution is 6.02. The van der Waals surface area contributed by atoms with E-state index >= 15 is 0 Å². The first-order chi connectivity index (χ1) is 12.1. The first-order valence-corrected chi connectivity index (χ1v) is 8.24. The third kappa shape index (κ3) is 3.35. The number of carbonyl (C=O) groups excluding carboxylic acids is 1. The highest BCUT2D eigenvalue weighted by Gasteiger charge is 2.23. The zero-order valence-electron chi connectivity index (χ0n) is 13.7. The van der Waals surface area contributed by atoms with Crippen LogP contribution in [0.15, 0.2) is 29.1 Å². The molecule has 2 N–H and O–H groups in total. The first-order valence-electron chi connectivity index (χ1n) is 8.24. The molecule has 7 nitrogen and oxygen atoms in total. The number of hydrogen-bond donors (Lipinski definition) is 2. The summed E-state index contributed by atoms with van der Waals surface area (Å²) >= 11 is 0. The van der Waals surface area contributed by atoms with Gasteiger partial charge in [0.1, 0.15) is 11.3 Å². The standard InChI is InChI=1S/C18H19N3O4/c19-8-4-9-21-14-7-2-1-6-13(14)16(22)15(18(21)24)17(23)20-11-12-5-3-10-25-12/h1-2,6-7,12,22H,3-5,9-11H2,(H,20,23)/t12-/m1/s1. The number of pyridine rings is 1. The number of aromatic hydroxyl groups is 1. The van der Waals surface area contributed by atoms with Crippen LogP contribution in [0.4, 0.5) is 0 Å². The van der Waals surface area contributed by atoms with Gasteiger partial charge in [0.25, 0.3) is 11.5 Å². The molecule has 7 heteroatoms. The zero-order chi connectivity index (χ0) is 17.8. The Kier molecular flexibility index (Phi) is 5.00. The van der Waals surface area contributed by atoms with Gasteiger partial charge in [-0.15, -0.1) is 0 Å². The molecule has 0 bridgehead atoms. The minimum atomic E-state index is -0.630. The number of benzene rings is 1. The number of nitrogens with zero attached hydrogens (tertiary/aromatic N) is 2. The van der Waals surface area contributed by atoms with Crippen molar-refractivity contribution in [2.24, 2.45) is 0 Å². The molecule has 25 heavy (non-hydrogen) atoms. The summed E-state index contributed by atoms with van der Waals surface area (Å²) in [6.07, 6.45) is 1.87. The lowest BCUT2D eigenvalue weighted by atomic mass is 10.1. The van der Waals surface area contributed by atoms with Crippen LogP contribution < -0.4 is 10.9 Å². The molecule has 0 unspecified atom stereocenters. The van der Waals surface area contributed by atoms with Crippen LogP contribution in [-0.4, -0.2) is 34.8 Å². The molecular weight excluding hydrogens is 322 g/mol. The van der Waals surface area contributed by atoms with Crippen molar-refractivity contribution in [1.82, 2.24) is 9.88 Å². The highest BCUT2D eigenvalue weighted by atomic mass is 16.5. The van der Waals surface area contributed by atoms with Crippen molar-refractivity contribution in [2.75, 3.05) is 13.2 Å². The third-order valence-electron chi connectivity index (χ3n) is 4.33. The fourth-order valence-electron chi connectivity index (χ4n) is 3.08. The summed E-state index contributed by atoms with van der Waals surface area (Å²) in [6, 6.07) is 8.77. The van der Waals surface area contributed by atoms with Gasteiger partial charge in [-0.05, 0) is 25.0 Å². The van der Waals surface area contributed by atoms with E-state index in [0.29, 0.717) is 24.1 Å². The first kappa shape index (κ1) is 17.0. The predicted octanol–water partition coefficient (Wildman–Crippen LogP) is 1.53. The van der Waals surface area contributed by atoms with Gasteiger partial charge in [0, 0.05) is 25.1 Å². The molecule has 2 aromatic rings. The normalized spacial score (nSPS) is 16.7.